The van der Waals surface area contributed by atoms with Gasteiger partial charge in [0.05, 0.1) is 0 Å². The third-order valence-electron chi connectivity index (χ3n) is 9.10. The summed E-state index contributed by atoms with van der Waals surface area (Å²) in [6, 6.07) is 61.7. The summed E-state index contributed by atoms with van der Waals surface area (Å²) in [7, 11) is 0. The monoisotopic (exact) mass is 611 g/mol. The van der Waals surface area contributed by atoms with Gasteiger partial charge in [-0.25, -0.2) is 15.0 Å². The highest BCUT2D eigenvalue weighted by molar-refractivity contribution is 6.15. The number of hydrogen-bond donors (Lipinski definition) is 0. The van der Waals surface area contributed by atoms with Crippen molar-refractivity contribution in [3.05, 3.63) is 176 Å². The summed E-state index contributed by atoms with van der Waals surface area (Å²) in [5, 5.41) is 7.23. The van der Waals surface area contributed by atoms with Crippen LogP contribution in [0.4, 0.5) is 0 Å². The van der Waals surface area contributed by atoms with Crippen molar-refractivity contribution in [2.24, 2.45) is 0 Å². The second-order valence-corrected chi connectivity index (χ2v) is 12.0. The number of benzene rings is 8. The lowest BCUT2D eigenvalue weighted by molar-refractivity contribution is 1.07. The van der Waals surface area contributed by atoms with Crippen LogP contribution in [0.5, 0.6) is 0 Å². The van der Waals surface area contributed by atoms with E-state index in [-0.39, 0.29) is 0 Å². The van der Waals surface area contributed by atoms with Crippen LogP contribution in [0, 0.1) is 0 Å². The van der Waals surface area contributed by atoms with Crippen molar-refractivity contribution < 1.29 is 0 Å². The molecule has 8 aromatic carbocycles. The maximum Gasteiger partial charge on any atom is 0.164 e. The number of rotatable bonds is 5. The van der Waals surface area contributed by atoms with Crippen LogP contribution in [0.25, 0.3) is 88.7 Å². The minimum absolute atomic E-state index is 0.637. The first-order chi connectivity index (χ1) is 23.8. The molecule has 0 spiro atoms. The lowest BCUT2D eigenvalue weighted by atomic mass is 9.86. The molecule has 0 unspecified atom stereocenters. The van der Waals surface area contributed by atoms with Crippen molar-refractivity contribution in [3.8, 4) is 56.4 Å². The Bertz CT molecular complexity index is 2610. The number of nitrogens with zero attached hydrogens (tertiary/aromatic N) is 3. The predicted octanol–water partition coefficient (Wildman–Crippen LogP) is 11.7. The van der Waals surface area contributed by atoms with Gasteiger partial charge < -0.3 is 0 Å². The van der Waals surface area contributed by atoms with E-state index in [0.717, 1.165) is 38.8 Å². The van der Waals surface area contributed by atoms with Gasteiger partial charge >= 0.3 is 0 Å². The number of fused-ring (bicyclic) bond motifs is 4. The molecule has 0 atom stereocenters. The quantitative estimate of drug-likeness (QED) is 0.182. The fraction of sp³-hybridized carbons (Fsp3) is 0. The lowest BCUT2D eigenvalue weighted by Gasteiger charge is -2.18. The molecule has 0 aliphatic rings. The van der Waals surface area contributed by atoms with Crippen molar-refractivity contribution in [1.29, 1.82) is 0 Å². The molecule has 0 aliphatic heterocycles. The Morgan fingerprint density at radius 1 is 0.271 bits per heavy atom. The summed E-state index contributed by atoms with van der Waals surface area (Å²) < 4.78 is 0. The molecule has 0 saturated carbocycles. The molecule has 224 valence electrons. The largest absolute Gasteiger partial charge is 0.208 e. The molecule has 1 heterocycles. The lowest BCUT2D eigenvalue weighted by Crippen LogP contribution is -2.02. The maximum absolute atomic E-state index is 5.22. The Morgan fingerprint density at radius 3 is 1.60 bits per heavy atom. The van der Waals surface area contributed by atoms with Crippen LogP contribution in [-0.2, 0) is 0 Å². The first kappa shape index (κ1) is 27.8. The van der Waals surface area contributed by atoms with Crippen LogP contribution in [0.15, 0.2) is 176 Å². The molecule has 9 rings (SSSR count). The Labute approximate surface area is 278 Å². The van der Waals surface area contributed by atoms with Crippen LogP contribution in [0.3, 0.4) is 0 Å². The zero-order chi connectivity index (χ0) is 31.9. The van der Waals surface area contributed by atoms with Gasteiger partial charge in [0.1, 0.15) is 0 Å². The summed E-state index contributed by atoms with van der Waals surface area (Å²) in [5.74, 6) is 1.92. The standard InChI is InChI=1S/C45H29N3/c1-3-15-31(16-4-1)42-39(41-29-34-20-9-10-21-36(34)37-22-11-12-23-38(37)41)24-13-25-40(42)45-47-43(32-17-5-2-6-18-32)46-44(48-45)35-27-26-30-14-7-8-19-33(30)28-35/h1-29H. The average molecular weight is 612 g/mol. The van der Waals surface area contributed by atoms with Crippen LogP contribution in [-0.4, -0.2) is 15.0 Å². The number of aromatic nitrogens is 3. The van der Waals surface area contributed by atoms with Crippen molar-refractivity contribution >= 4 is 32.3 Å². The maximum atomic E-state index is 5.22. The van der Waals surface area contributed by atoms with E-state index in [9.17, 15) is 0 Å². The van der Waals surface area contributed by atoms with E-state index in [1.54, 1.807) is 0 Å². The van der Waals surface area contributed by atoms with Gasteiger partial charge in [0.2, 0.25) is 0 Å². The minimum atomic E-state index is 0.637. The number of hydrogen-bond acceptors (Lipinski definition) is 3. The first-order valence-corrected chi connectivity index (χ1v) is 16.2. The summed E-state index contributed by atoms with van der Waals surface area (Å²) in [6.45, 7) is 0. The molecule has 0 amide bonds. The molecular weight excluding hydrogens is 583 g/mol. The Kier molecular flexibility index (Phi) is 6.80. The van der Waals surface area contributed by atoms with E-state index in [2.05, 4.69) is 158 Å². The van der Waals surface area contributed by atoms with Crippen LogP contribution in [0.1, 0.15) is 0 Å². The summed E-state index contributed by atoms with van der Waals surface area (Å²) in [6.07, 6.45) is 0. The summed E-state index contributed by atoms with van der Waals surface area (Å²) in [5.41, 5.74) is 7.36. The molecule has 0 N–H and O–H groups in total. The Hall–Kier alpha value is -6.45. The predicted molar refractivity (Wildman–Crippen MR) is 200 cm³/mol. The Balaban J connectivity index is 1.34. The van der Waals surface area contributed by atoms with E-state index >= 15 is 0 Å². The SMILES string of the molecule is c1ccc(-c2nc(-c3ccc4ccccc4c3)nc(-c3cccc(-c4cc5ccccc5c5ccccc45)c3-c3ccccc3)n2)cc1. The van der Waals surface area contributed by atoms with E-state index in [1.165, 1.54) is 32.5 Å². The topological polar surface area (TPSA) is 38.7 Å². The normalized spacial score (nSPS) is 11.3. The zero-order valence-corrected chi connectivity index (χ0v) is 26.1. The molecule has 0 fully saturated rings. The fourth-order valence-corrected chi connectivity index (χ4v) is 6.83. The van der Waals surface area contributed by atoms with E-state index < -0.39 is 0 Å². The zero-order valence-electron chi connectivity index (χ0n) is 26.1. The second kappa shape index (κ2) is 11.7. The van der Waals surface area contributed by atoms with E-state index in [4.69, 9.17) is 15.0 Å². The van der Waals surface area contributed by atoms with Crippen LogP contribution >= 0.6 is 0 Å². The smallest absolute Gasteiger partial charge is 0.164 e. The highest BCUT2D eigenvalue weighted by Gasteiger charge is 2.20. The van der Waals surface area contributed by atoms with Gasteiger partial charge in [-0.2, -0.15) is 0 Å². The molecule has 0 saturated heterocycles. The third kappa shape index (κ3) is 4.90. The molecule has 0 bridgehead atoms. The molecule has 9 aromatic rings. The van der Waals surface area contributed by atoms with E-state index in [0.29, 0.717) is 17.5 Å². The second-order valence-electron chi connectivity index (χ2n) is 12.0. The molecule has 1 aromatic heterocycles. The van der Waals surface area contributed by atoms with E-state index in [1.807, 2.05) is 18.2 Å². The van der Waals surface area contributed by atoms with Gasteiger partial charge in [0, 0.05) is 22.3 Å². The highest BCUT2D eigenvalue weighted by Crippen LogP contribution is 2.43. The molecule has 3 heteroatoms. The fourth-order valence-electron chi connectivity index (χ4n) is 6.83. The molecular formula is C45H29N3. The van der Waals surface area contributed by atoms with Gasteiger partial charge in [-0.15, -0.1) is 0 Å². The van der Waals surface area contributed by atoms with Crippen molar-refractivity contribution in [3.63, 3.8) is 0 Å². The average Bonchev–Trinajstić information content (AvgIpc) is 3.17. The summed E-state index contributed by atoms with van der Waals surface area (Å²) in [4.78, 5) is 15.4. The van der Waals surface area contributed by atoms with Gasteiger partial charge in [-0.05, 0) is 61.1 Å². The van der Waals surface area contributed by atoms with Crippen LogP contribution in [0.2, 0.25) is 0 Å². The van der Waals surface area contributed by atoms with Gasteiger partial charge in [0.25, 0.3) is 0 Å². The molecule has 0 aliphatic carbocycles. The van der Waals surface area contributed by atoms with Crippen LogP contribution < -0.4 is 0 Å². The highest BCUT2D eigenvalue weighted by atomic mass is 15.0. The first-order valence-electron chi connectivity index (χ1n) is 16.2. The van der Waals surface area contributed by atoms with Crippen molar-refractivity contribution in [2.45, 2.75) is 0 Å². The molecule has 48 heavy (non-hydrogen) atoms. The Morgan fingerprint density at radius 2 is 0.833 bits per heavy atom. The summed E-state index contributed by atoms with van der Waals surface area (Å²) >= 11 is 0. The van der Waals surface area contributed by atoms with Gasteiger partial charge in [-0.1, -0.05) is 164 Å². The minimum Gasteiger partial charge on any atom is -0.208 e. The van der Waals surface area contributed by atoms with Gasteiger partial charge in [-0.3, -0.25) is 0 Å². The van der Waals surface area contributed by atoms with Crippen molar-refractivity contribution in [1.82, 2.24) is 15.0 Å². The third-order valence-corrected chi connectivity index (χ3v) is 9.10. The van der Waals surface area contributed by atoms with Crippen molar-refractivity contribution in [2.75, 3.05) is 0 Å². The molecule has 3 nitrogen and oxygen atoms in total. The van der Waals surface area contributed by atoms with Gasteiger partial charge in [0.15, 0.2) is 17.5 Å². The molecule has 0 radical (unpaired) electrons.